The van der Waals surface area contributed by atoms with Gasteiger partial charge in [0.05, 0.1) is 6.54 Å². The minimum atomic E-state index is -0.876. The quantitative estimate of drug-likeness (QED) is 0.375. The molecule has 41 heavy (non-hydrogen) atoms. The molecule has 3 atom stereocenters. The minimum absolute atomic E-state index is 0.0153. The van der Waals surface area contributed by atoms with Crippen LogP contribution in [-0.4, -0.2) is 35.8 Å². The van der Waals surface area contributed by atoms with Gasteiger partial charge in [0.1, 0.15) is 11.9 Å². The fourth-order valence-electron chi connectivity index (χ4n) is 6.08. The summed E-state index contributed by atoms with van der Waals surface area (Å²) in [6, 6.07) is 22.2. The average Bonchev–Trinajstić information content (AvgIpc) is 3.55. The Bertz CT molecular complexity index is 1340. The molecule has 3 N–H and O–H groups in total. The van der Waals surface area contributed by atoms with Crippen LogP contribution in [0.4, 0.5) is 14.9 Å². The Morgan fingerprint density at radius 2 is 1.54 bits per heavy atom. The van der Waals surface area contributed by atoms with Crippen molar-refractivity contribution in [1.29, 1.82) is 0 Å². The molecule has 7 nitrogen and oxygen atoms in total. The first kappa shape index (κ1) is 28.3. The highest BCUT2D eigenvalue weighted by atomic mass is 19.1. The van der Waals surface area contributed by atoms with Gasteiger partial charge in [-0.25, -0.2) is 9.18 Å². The molecule has 1 aliphatic heterocycles. The lowest BCUT2D eigenvalue weighted by atomic mass is 9.74. The number of primary amides is 1. The van der Waals surface area contributed by atoms with Crippen LogP contribution in [-0.2, 0) is 16.1 Å². The second-order valence-corrected chi connectivity index (χ2v) is 11.0. The van der Waals surface area contributed by atoms with Gasteiger partial charge in [0.2, 0.25) is 11.8 Å². The third-order valence-electron chi connectivity index (χ3n) is 8.30. The SMILES string of the molecule is NC(=O)[C@@H](NC(=O)[C@@H]1CCCC[C@H]1c1ccc(CN(C(=O)N2CCCC2)c2ccc(F)cc2)cc1)c1ccccc1. The zero-order valence-corrected chi connectivity index (χ0v) is 23.2. The first-order valence-corrected chi connectivity index (χ1v) is 14.5. The summed E-state index contributed by atoms with van der Waals surface area (Å²) in [6.45, 7) is 1.80. The first-order valence-electron chi connectivity index (χ1n) is 14.5. The molecule has 214 valence electrons. The number of carbonyl (C=O) groups excluding carboxylic acids is 3. The van der Waals surface area contributed by atoms with Gasteiger partial charge in [-0.2, -0.15) is 0 Å². The van der Waals surface area contributed by atoms with Crippen LogP contribution in [0, 0.1) is 11.7 Å². The van der Waals surface area contributed by atoms with Gasteiger partial charge in [-0.05, 0) is 72.6 Å². The molecule has 1 aliphatic carbocycles. The number of nitrogens with zero attached hydrogens (tertiary/aromatic N) is 2. The standard InChI is InChI=1S/C33H37FN4O3/c34-26-16-18-27(19-17-26)38(33(41)37-20-6-7-21-37)22-23-12-14-24(15-13-23)28-10-4-5-11-29(28)32(40)36-30(31(35)39)25-8-2-1-3-9-25/h1-3,8-9,12-19,28-30H,4-7,10-11,20-22H2,(H2,35,39)(H,36,40)/t28-,29+,30-/m0/s1. The van der Waals surface area contributed by atoms with Crippen LogP contribution in [0.25, 0.3) is 0 Å². The van der Waals surface area contributed by atoms with E-state index in [2.05, 4.69) is 5.32 Å². The smallest absolute Gasteiger partial charge is 0.324 e. The summed E-state index contributed by atoms with van der Waals surface area (Å²) in [7, 11) is 0. The van der Waals surface area contributed by atoms with E-state index in [1.54, 1.807) is 29.2 Å². The van der Waals surface area contributed by atoms with Crippen molar-refractivity contribution in [1.82, 2.24) is 10.2 Å². The van der Waals surface area contributed by atoms with Crippen molar-refractivity contribution in [3.63, 3.8) is 0 Å². The van der Waals surface area contributed by atoms with Gasteiger partial charge in [0.25, 0.3) is 0 Å². The van der Waals surface area contributed by atoms with Gasteiger partial charge in [0, 0.05) is 24.7 Å². The van der Waals surface area contributed by atoms with Crippen LogP contribution in [0.15, 0.2) is 78.9 Å². The maximum absolute atomic E-state index is 13.6. The molecule has 0 radical (unpaired) electrons. The summed E-state index contributed by atoms with van der Waals surface area (Å²) in [5.74, 6) is -1.35. The second kappa shape index (κ2) is 13.0. The van der Waals surface area contributed by atoms with Crippen LogP contribution in [0.5, 0.6) is 0 Å². The van der Waals surface area contributed by atoms with E-state index >= 15 is 0 Å². The summed E-state index contributed by atoms with van der Waals surface area (Å²) in [6.07, 6.45) is 5.56. The number of amides is 4. The Kier molecular flexibility index (Phi) is 8.97. The van der Waals surface area contributed by atoms with E-state index in [1.807, 2.05) is 47.4 Å². The van der Waals surface area contributed by atoms with Crippen LogP contribution in [0.3, 0.4) is 0 Å². The largest absolute Gasteiger partial charge is 0.368 e. The molecule has 3 aromatic rings. The molecule has 0 spiro atoms. The Morgan fingerprint density at radius 1 is 0.878 bits per heavy atom. The summed E-state index contributed by atoms with van der Waals surface area (Å²) in [5.41, 5.74) is 8.98. The lowest BCUT2D eigenvalue weighted by Gasteiger charge is -2.32. The van der Waals surface area contributed by atoms with E-state index < -0.39 is 11.9 Å². The summed E-state index contributed by atoms with van der Waals surface area (Å²) in [4.78, 5) is 42.6. The molecule has 1 saturated heterocycles. The van der Waals surface area contributed by atoms with E-state index in [-0.39, 0.29) is 29.6 Å². The van der Waals surface area contributed by atoms with Crippen molar-refractivity contribution in [2.75, 3.05) is 18.0 Å². The molecule has 8 heteroatoms. The van der Waals surface area contributed by atoms with E-state index in [0.717, 1.165) is 62.7 Å². The molecule has 0 bridgehead atoms. The molecular weight excluding hydrogens is 519 g/mol. The van der Waals surface area contributed by atoms with Gasteiger partial charge < -0.3 is 16.0 Å². The number of nitrogens with one attached hydrogen (secondary N) is 1. The van der Waals surface area contributed by atoms with Crippen molar-refractivity contribution in [2.45, 2.75) is 57.0 Å². The Labute approximate surface area is 240 Å². The predicted molar refractivity (Wildman–Crippen MR) is 156 cm³/mol. The van der Waals surface area contributed by atoms with E-state index in [1.165, 1.54) is 12.1 Å². The number of carbonyl (C=O) groups is 3. The van der Waals surface area contributed by atoms with Crippen LogP contribution >= 0.6 is 0 Å². The number of anilines is 1. The Hall–Kier alpha value is -4.20. The number of hydrogen-bond acceptors (Lipinski definition) is 3. The van der Waals surface area contributed by atoms with Crippen molar-refractivity contribution >= 4 is 23.5 Å². The van der Waals surface area contributed by atoms with Crippen LogP contribution < -0.4 is 16.0 Å². The number of benzene rings is 3. The van der Waals surface area contributed by atoms with Crippen molar-refractivity contribution in [3.05, 3.63) is 101 Å². The summed E-state index contributed by atoms with van der Waals surface area (Å²) >= 11 is 0. The van der Waals surface area contributed by atoms with E-state index in [9.17, 15) is 18.8 Å². The van der Waals surface area contributed by atoms with Gasteiger partial charge in [-0.3, -0.25) is 14.5 Å². The number of hydrogen-bond donors (Lipinski definition) is 2. The third-order valence-corrected chi connectivity index (χ3v) is 8.30. The number of rotatable bonds is 8. The molecule has 5 rings (SSSR count). The fourth-order valence-corrected chi connectivity index (χ4v) is 6.08. The molecule has 0 unspecified atom stereocenters. The van der Waals surface area contributed by atoms with Crippen molar-refractivity contribution in [3.8, 4) is 0 Å². The van der Waals surface area contributed by atoms with E-state index in [0.29, 0.717) is 17.8 Å². The lowest BCUT2D eigenvalue weighted by molar-refractivity contribution is -0.131. The lowest BCUT2D eigenvalue weighted by Crippen LogP contribution is -2.42. The zero-order chi connectivity index (χ0) is 28.8. The third kappa shape index (κ3) is 6.76. The summed E-state index contributed by atoms with van der Waals surface area (Å²) in [5, 5.41) is 2.91. The monoisotopic (exact) mass is 556 g/mol. The number of urea groups is 1. The van der Waals surface area contributed by atoms with Gasteiger partial charge in [0.15, 0.2) is 0 Å². The Morgan fingerprint density at radius 3 is 2.20 bits per heavy atom. The fraction of sp³-hybridized carbons (Fsp3) is 0.364. The van der Waals surface area contributed by atoms with Crippen molar-refractivity contribution in [2.24, 2.45) is 11.7 Å². The summed E-state index contributed by atoms with van der Waals surface area (Å²) < 4.78 is 13.6. The van der Waals surface area contributed by atoms with Gasteiger partial charge in [-0.15, -0.1) is 0 Å². The Balaban J connectivity index is 1.32. The molecule has 0 aromatic heterocycles. The number of likely N-dealkylation sites (tertiary alicyclic amines) is 1. The first-order chi connectivity index (χ1) is 19.9. The minimum Gasteiger partial charge on any atom is -0.368 e. The highest BCUT2D eigenvalue weighted by molar-refractivity contribution is 5.92. The average molecular weight is 557 g/mol. The molecule has 4 amide bonds. The second-order valence-electron chi connectivity index (χ2n) is 11.0. The molecular formula is C33H37FN4O3. The molecule has 2 aliphatic rings. The van der Waals surface area contributed by atoms with Crippen LogP contribution in [0.2, 0.25) is 0 Å². The van der Waals surface area contributed by atoms with Crippen LogP contribution in [0.1, 0.15) is 67.2 Å². The number of nitrogens with two attached hydrogens (primary N) is 1. The van der Waals surface area contributed by atoms with Gasteiger partial charge >= 0.3 is 6.03 Å². The van der Waals surface area contributed by atoms with Gasteiger partial charge in [-0.1, -0.05) is 67.4 Å². The maximum Gasteiger partial charge on any atom is 0.324 e. The predicted octanol–water partition coefficient (Wildman–Crippen LogP) is 5.66. The highest BCUT2D eigenvalue weighted by Crippen LogP contribution is 2.38. The molecule has 1 heterocycles. The molecule has 2 fully saturated rings. The topological polar surface area (TPSA) is 95.7 Å². The van der Waals surface area contributed by atoms with E-state index in [4.69, 9.17) is 5.73 Å². The highest BCUT2D eigenvalue weighted by Gasteiger charge is 2.34. The number of halogens is 1. The maximum atomic E-state index is 13.6. The zero-order valence-electron chi connectivity index (χ0n) is 23.2. The molecule has 1 saturated carbocycles. The normalized spacial score (nSPS) is 19.4. The molecule has 3 aromatic carbocycles. The van der Waals surface area contributed by atoms with Crippen molar-refractivity contribution < 1.29 is 18.8 Å².